The van der Waals surface area contributed by atoms with E-state index in [1.807, 2.05) is 42.5 Å². The quantitative estimate of drug-likeness (QED) is 0.231. The number of fused-ring (bicyclic) bond motifs is 6. The Morgan fingerprint density at radius 2 is 1.15 bits per heavy atom. The molecule has 0 spiro atoms. The van der Waals surface area contributed by atoms with Gasteiger partial charge in [-0.15, -0.1) is 0 Å². The predicted octanol–water partition coefficient (Wildman–Crippen LogP) is 9.12. The lowest BCUT2D eigenvalue weighted by molar-refractivity contribution is 1.11. The van der Waals surface area contributed by atoms with Gasteiger partial charge in [-0.25, -0.2) is 4.98 Å². The molecule has 0 saturated heterocycles. The van der Waals surface area contributed by atoms with Gasteiger partial charge in [0, 0.05) is 32.9 Å². The molecule has 0 aliphatic heterocycles. The second-order valence-corrected chi connectivity index (χ2v) is 10.4. The zero-order valence-corrected chi connectivity index (χ0v) is 22.4. The Balaban J connectivity index is 1.55. The maximum atomic E-state index is 10.7. The van der Waals surface area contributed by atoms with Crippen molar-refractivity contribution in [2.75, 3.05) is 0 Å². The molecule has 5 aromatic carbocycles. The lowest BCUT2D eigenvalue weighted by atomic mass is 10.0. The number of hydrogen-bond acceptors (Lipinski definition) is 2. The zero-order valence-electron chi connectivity index (χ0n) is 22.4. The monoisotopic (exact) mass is 524 g/mol. The summed E-state index contributed by atoms with van der Waals surface area (Å²) in [5.74, 6) is 0. The summed E-state index contributed by atoms with van der Waals surface area (Å²) >= 11 is 0. The molecule has 8 rings (SSSR count). The molecule has 0 unspecified atom stereocenters. The van der Waals surface area contributed by atoms with Crippen LogP contribution in [0, 0.1) is 18.3 Å². The van der Waals surface area contributed by atoms with E-state index in [2.05, 4.69) is 107 Å². The summed E-state index contributed by atoms with van der Waals surface area (Å²) in [6, 6.07) is 46.5. The molecule has 8 aromatic rings. The molecule has 0 radical (unpaired) electrons. The first-order chi connectivity index (χ1) is 20.2. The molecule has 0 aliphatic rings. The van der Waals surface area contributed by atoms with E-state index >= 15 is 0 Å². The normalized spacial score (nSPS) is 11.5. The van der Waals surface area contributed by atoms with Crippen LogP contribution in [0.4, 0.5) is 0 Å². The van der Waals surface area contributed by atoms with E-state index in [0.29, 0.717) is 5.56 Å². The molecule has 0 fully saturated rings. The molecule has 0 amide bonds. The molecule has 3 heterocycles. The van der Waals surface area contributed by atoms with Crippen molar-refractivity contribution in [1.82, 2.24) is 14.1 Å². The van der Waals surface area contributed by atoms with Gasteiger partial charge in [-0.1, -0.05) is 91.0 Å². The average molecular weight is 525 g/mol. The van der Waals surface area contributed by atoms with Crippen molar-refractivity contribution < 1.29 is 0 Å². The van der Waals surface area contributed by atoms with Gasteiger partial charge in [0.2, 0.25) is 0 Å². The topological polar surface area (TPSA) is 46.5 Å². The minimum absolute atomic E-state index is 0.654. The van der Waals surface area contributed by atoms with Gasteiger partial charge in [-0.05, 0) is 60.0 Å². The minimum Gasteiger partial charge on any atom is -0.294 e. The van der Waals surface area contributed by atoms with Crippen molar-refractivity contribution in [2.45, 2.75) is 6.92 Å². The second-order valence-electron chi connectivity index (χ2n) is 10.4. The second kappa shape index (κ2) is 8.94. The Hall–Kier alpha value is -5.66. The van der Waals surface area contributed by atoms with E-state index in [1.165, 1.54) is 11.1 Å². The summed E-state index contributed by atoms with van der Waals surface area (Å²) in [6.07, 6.45) is 0. The highest BCUT2D eigenvalue weighted by atomic mass is 15.1. The van der Waals surface area contributed by atoms with Crippen LogP contribution in [0.2, 0.25) is 0 Å². The van der Waals surface area contributed by atoms with Gasteiger partial charge in [0.15, 0.2) is 0 Å². The van der Waals surface area contributed by atoms with Crippen molar-refractivity contribution in [3.63, 3.8) is 0 Å². The fourth-order valence-electron chi connectivity index (χ4n) is 6.30. The van der Waals surface area contributed by atoms with Crippen LogP contribution in [-0.2, 0) is 0 Å². The molecule has 4 heteroatoms. The SMILES string of the molecule is Cc1ccccc1-c1cccc(-n2c3ccccc3c3c(C#N)c4c5ccccc5n(-c5ccccc5)c4nc32)c1. The summed E-state index contributed by atoms with van der Waals surface area (Å²) in [5.41, 5.74) is 9.86. The maximum Gasteiger partial charge on any atom is 0.149 e. The Kier molecular flexibility index (Phi) is 5.07. The lowest BCUT2D eigenvalue weighted by Gasteiger charge is -2.12. The summed E-state index contributed by atoms with van der Waals surface area (Å²) in [7, 11) is 0. The number of nitrogens with zero attached hydrogens (tertiary/aromatic N) is 4. The van der Waals surface area contributed by atoms with E-state index in [9.17, 15) is 5.26 Å². The molecular formula is C37H24N4. The maximum absolute atomic E-state index is 10.7. The van der Waals surface area contributed by atoms with E-state index in [1.54, 1.807) is 0 Å². The smallest absolute Gasteiger partial charge is 0.149 e. The third kappa shape index (κ3) is 3.36. The summed E-state index contributed by atoms with van der Waals surface area (Å²) in [4.78, 5) is 5.41. The van der Waals surface area contributed by atoms with E-state index in [0.717, 1.165) is 60.8 Å². The van der Waals surface area contributed by atoms with E-state index in [-0.39, 0.29) is 0 Å². The van der Waals surface area contributed by atoms with Crippen LogP contribution in [0.5, 0.6) is 0 Å². The fraction of sp³-hybridized carbons (Fsp3) is 0.0270. The summed E-state index contributed by atoms with van der Waals surface area (Å²) in [5, 5.41) is 14.6. The molecule has 0 atom stereocenters. The van der Waals surface area contributed by atoms with Crippen LogP contribution in [0.3, 0.4) is 0 Å². The highest BCUT2D eigenvalue weighted by Gasteiger charge is 2.24. The van der Waals surface area contributed by atoms with Crippen molar-refractivity contribution >= 4 is 43.9 Å². The van der Waals surface area contributed by atoms with Crippen LogP contribution in [0.1, 0.15) is 11.1 Å². The Morgan fingerprint density at radius 3 is 1.80 bits per heavy atom. The van der Waals surface area contributed by atoms with Gasteiger partial charge in [0.25, 0.3) is 0 Å². The van der Waals surface area contributed by atoms with E-state index in [4.69, 9.17) is 4.98 Å². The van der Waals surface area contributed by atoms with Gasteiger partial charge in [0.05, 0.1) is 16.6 Å². The highest BCUT2D eigenvalue weighted by Crippen LogP contribution is 2.41. The molecule has 0 N–H and O–H groups in total. The number of hydrogen-bond donors (Lipinski definition) is 0. The predicted molar refractivity (Wildman–Crippen MR) is 168 cm³/mol. The fourth-order valence-corrected chi connectivity index (χ4v) is 6.30. The number of aryl methyl sites for hydroxylation is 1. The van der Waals surface area contributed by atoms with E-state index < -0.39 is 0 Å². The van der Waals surface area contributed by atoms with Crippen molar-refractivity contribution in [1.29, 1.82) is 5.26 Å². The molecule has 41 heavy (non-hydrogen) atoms. The molecule has 192 valence electrons. The van der Waals surface area contributed by atoms with Crippen molar-refractivity contribution in [2.24, 2.45) is 0 Å². The highest BCUT2D eigenvalue weighted by molar-refractivity contribution is 6.20. The van der Waals surface area contributed by atoms with Gasteiger partial charge in [-0.2, -0.15) is 5.26 Å². The first-order valence-electron chi connectivity index (χ1n) is 13.7. The van der Waals surface area contributed by atoms with Crippen molar-refractivity contribution in [3.05, 3.63) is 139 Å². The van der Waals surface area contributed by atoms with Crippen LogP contribution >= 0.6 is 0 Å². The lowest BCUT2D eigenvalue weighted by Crippen LogP contribution is -2.00. The first kappa shape index (κ1) is 23.2. The Labute approximate surface area is 237 Å². The number of rotatable bonds is 3. The zero-order chi connectivity index (χ0) is 27.5. The van der Waals surface area contributed by atoms with Gasteiger partial charge in [0.1, 0.15) is 17.4 Å². The first-order valence-corrected chi connectivity index (χ1v) is 13.7. The third-order valence-electron chi connectivity index (χ3n) is 8.10. The molecule has 3 aromatic heterocycles. The standard InChI is InChI=1S/C37H24N4/c1-24-12-5-6-17-28(24)25-13-11-16-27(22-25)41-33-21-10-8-19-30(33)35-31(23-38)34-29-18-7-9-20-32(29)40(36(34)39-37(35)41)26-14-3-2-4-15-26/h2-22H,1H3. The van der Waals surface area contributed by atoms with Gasteiger partial charge >= 0.3 is 0 Å². The average Bonchev–Trinajstić information content (AvgIpc) is 3.53. The van der Waals surface area contributed by atoms with Crippen molar-refractivity contribution in [3.8, 4) is 28.6 Å². The largest absolute Gasteiger partial charge is 0.294 e. The van der Waals surface area contributed by atoms with Gasteiger partial charge < -0.3 is 0 Å². The van der Waals surface area contributed by atoms with Crippen LogP contribution < -0.4 is 0 Å². The number of benzene rings is 5. The number of nitriles is 1. The Bertz CT molecular complexity index is 2330. The molecule has 0 saturated carbocycles. The number of para-hydroxylation sites is 3. The Morgan fingerprint density at radius 1 is 0.585 bits per heavy atom. The molecule has 4 nitrogen and oxygen atoms in total. The minimum atomic E-state index is 0.654. The molecule has 0 aliphatic carbocycles. The van der Waals surface area contributed by atoms with Crippen LogP contribution in [0.25, 0.3) is 66.4 Å². The van der Waals surface area contributed by atoms with Crippen LogP contribution in [-0.4, -0.2) is 14.1 Å². The van der Waals surface area contributed by atoms with Gasteiger partial charge in [-0.3, -0.25) is 9.13 Å². The molecular weight excluding hydrogens is 500 g/mol. The third-order valence-corrected chi connectivity index (χ3v) is 8.10. The summed E-state index contributed by atoms with van der Waals surface area (Å²) in [6.45, 7) is 2.14. The molecule has 0 bridgehead atoms. The number of aromatic nitrogens is 3. The number of pyridine rings is 1. The summed E-state index contributed by atoms with van der Waals surface area (Å²) < 4.78 is 4.39. The van der Waals surface area contributed by atoms with Crippen LogP contribution in [0.15, 0.2) is 127 Å².